The molecule has 0 radical (unpaired) electrons. The molecular formula is C16H25BrN2. The van der Waals surface area contributed by atoms with Crippen molar-refractivity contribution in [3.63, 3.8) is 0 Å². The largest absolute Gasteiger partial charge is 0.271 e. The molecule has 0 saturated heterocycles. The third-order valence-corrected chi connectivity index (χ3v) is 4.75. The highest BCUT2D eigenvalue weighted by Gasteiger charge is 2.17. The smallest absolute Gasteiger partial charge is 0.0253 e. The van der Waals surface area contributed by atoms with E-state index in [0.717, 1.165) is 16.8 Å². The number of hydrazine groups is 1. The highest BCUT2D eigenvalue weighted by atomic mass is 79.9. The normalized spacial score (nSPS) is 19.1. The first kappa shape index (κ1) is 15.0. The van der Waals surface area contributed by atoms with Crippen molar-refractivity contribution in [2.24, 2.45) is 11.8 Å². The number of nitrogens with one attached hydrogen (secondary N) is 1. The van der Waals surface area contributed by atoms with Gasteiger partial charge in [0.1, 0.15) is 0 Å². The van der Waals surface area contributed by atoms with Crippen LogP contribution in [0.3, 0.4) is 0 Å². The van der Waals surface area contributed by atoms with Gasteiger partial charge in [0.2, 0.25) is 0 Å². The Balaban J connectivity index is 1.86. The molecule has 3 heteroatoms. The molecule has 1 aliphatic rings. The van der Waals surface area contributed by atoms with Gasteiger partial charge in [0.15, 0.2) is 0 Å². The van der Waals surface area contributed by atoms with E-state index in [1.165, 1.54) is 50.5 Å². The number of nitrogens with two attached hydrogens (primary N) is 1. The molecule has 1 atom stereocenters. The van der Waals surface area contributed by atoms with E-state index >= 15 is 0 Å². The van der Waals surface area contributed by atoms with Gasteiger partial charge in [-0.3, -0.25) is 11.3 Å². The maximum Gasteiger partial charge on any atom is 0.0253 e. The maximum atomic E-state index is 5.75. The topological polar surface area (TPSA) is 38.0 Å². The zero-order valence-electron chi connectivity index (χ0n) is 11.6. The lowest BCUT2D eigenvalue weighted by Gasteiger charge is -2.22. The molecule has 1 aromatic carbocycles. The summed E-state index contributed by atoms with van der Waals surface area (Å²) in [5, 5.41) is 0. The van der Waals surface area contributed by atoms with E-state index in [-0.39, 0.29) is 0 Å². The van der Waals surface area contributed by atoms with Crippen LogP contribution in [0.4, 0.5) is 0 Å². The van der Waals surface area contributed by atoms with Gasteiger partial charge >= 0.3 is 0 Å². The van der Waals surface area contributed by atoms with Gasteiger partial charge in [-0.05, 0) is 36.5 Å². The molecule has 0 spiro atoms. The second-order valence-electron chi connectivity index (χ2n) is 5.79. The Morgan fingerprint density at radius 2 is 1.74 bits per heavy atom. The number of halogens is 1. The van der Waals surface area contributed by atoms with Crippen LogP contribution in [0.25, 0.3) is 0 Å². The van der Waals surface area contributed by atoms with E-state index in [2.05, 4.69) is 45.6 Å². The molecule has 0 heterocycles. The van der Waals surface area contributed by atoms with Gasteiger partial charge in [0.05, 0.1) is 0 Å². The lowest BCUT2D eigenvalue weighted by molar-refractivity contribution is 0.352. The van der Waals surface area contributed by atoms with Crippen LogP contribution in [0.1, 0.15) is 50.5 Å². The monoisotopic (exact) mass is 324 g/mol. The summed E-state index contributed by atoms with van der Waals surface area (Å²) in [5.74, 6) is 6.61. The SMILES string of the molecule is NNC(Cc1ccc(Br)cc1)CC1CCCCCC1. The summed E-state index contributed by atoms with van der Waals surface area (Å²) >= 11 is 3.48. The number of benzene rings is 1. The third-order valence-electron chi connectivity index (χ3n) is 4.22. The Kier molecular flexibility index (Phi) is 6.35. The average Bonchev–Trinajstić information content (AvgIpc) is 2.69. The van der Waals surface area contributed by atoms with E-state index in [0.29, 0.717) is 6.04 Å². The molecule has 19 heavy (non-hydrogen) atoms. The Morgan fingerprint density at radius 1 is 1.11 bits per heavy atom. The lowest BCUT2D eigenvalue weighted by Crippen LogP contribution is -2.38. The predicted octanol–water partition coefficient (Wildman–Crippen LogP) is 4.18. The van der Waals surface area contributed by atoms with Crippen LogP contribution in [0.2, 0.25) is 0 Å². The minimum Gasteiger partial charge on any atom is -0.271 e. The lowest BCUT2D eigenvalue weighted by atomic mass is 9.90. The van der Waals surface area contributed by atoms with E-state index in [1.807, 2.05) is 0 Å². The zero-order valence-corrected chi connectivity index (χ0v) is 13.2. The molecule has 2 nitrogen and oxygen atoms in total. The summed E-state index contributed by atoms with van der Waals surface area (Å²) < 4.78 is 1.14. The van der Waals surface area contributed by atoms with Gasteiger partial charge in [0.25, 0.3) is 0 Å². The number of hydrogen-bond donors (Lipinski definition) is 2. The summed E-state index contributed by atoms with van der Waals surface area (Å²) in [4.78, 5) is 0. The van der Waals surface area contributed by atoms with Crippen LogP contribution in [-0.2, 0) is 6.42 Å². The molecule has 0 amide bonds. The van der Waals surface area contributed by atoms with E-state index in [9.17, 15) is 0 Å². The summed E-state index contributed by atoms with van der Waals surface area (Å²) in [6, 6.07) is 8.98. The van der Waals surface area contributed by atoms with Crippen molar-refractivity contribution in [3.8, 4) is 0 Å². The van der Waals surface area contributed by atoms with Gasteiger partial charge in [-0.25, -0.2) is 0 Å². The molecule has 0 bridgehead atoms. The quantitative estimate of drug-likeness (QED) is 0.484. The van der Waals surface area contributed by atoms with Crippen molar-refractivity contribution in [1.29, 1.82) is 0 Å². The number of hydrogen-bond acceptors (Lipinski definition) is 2. The molecule has 1 aliphatic carbocycles. The van der Waals surface area contributed by atoms with Crippen LogP contribution in [0, 0.1) is 5.92 Å². The molecule has 106 valence electrons. The average molecular weight is 325 g/mol. The highest BCUT2D eigenvalue weighted by Crippen LogP contribution is 2.27. The number of rotatable bonds is 5. The first-order chi connectivity index (χ1) is 9.28. The molecule has 1 unspecified atom stereocenters. The van der Waals surface area contributed by atoms with Crippen LogP contribution < -0.4 is 11.3 Å². The van der Waals surface area contributed by atoms with Gasteiger partial charge in [-0.1, -0.05) is 66.6 Å². The van der Waals surface area contributed by atoms with Crippen LogP contribution in [-0.4, -0.2) is 6.04 Å². The molecule has 0 aliphatic heterocycles. The Hall–Kier alpha value is -0.380. The van der Waals surface area contributed by atoms with Gasteiger partial charge in [-0.2, -0.15) is 0 Å². The van der Waals surface area contributed by atoms with Crippen LogP contribution in [0.5, 0.6) is 0 Å². The highest BCUT2D eigenvalue weighted by molar-refractivity contribution is 9.10. The van der Waals surface area contributed by atoms with E-state index in [1.54, 1.807) is 0 Å². The first-order valence-corrected chi connectivity index (χ1v) is 8.28. The molecule has 1 fully saturated rings. The van der Waals surface area contributed by atoms with Crippen molar-refractivity contribution in [1.82, 2.24) is 5.43 Å². The van der Waals surface area contributed by atoms with Crippen molar-refractivity contribution in [2.45, 2.75) is 57.4 Å². The Bertz CT molecular complexity index is 356. The summed E-state index contributed by atoms with van der Waals surface area (Å²) in [6.07, 6.45) is 10.7. The van der Waals surface area contributed by atoms with Gasteiger partial charge in [-0.15, -0.1) is 0 Å². The minimum absolute atomic E-state index is 0.407. The fourth-order valence-corrected chi connectivity index (χ4v) is 3.38. The molecule has 3 N–H and O–H groups in total. The minimum atomic E-state index is 0.407. The van der Waals surface area contributed by atoms with Crippen LogP contribution >= 0.6 is 15.9 Å². The molecule has 0 aromatic heterocycles. The zero-order chi connectivity index (χ0) is 13.5. The Morgan fingerprint density at radius 3 is 2.32 bits per heavy atom. The van der Waals surface area contributed by atoms with Crippen LogP contribution in [0.15, 0.2) is 28.7 Å². The van der Waals surface area contributed by atoms with Crippen molar-refractivity contribution in [3.05, 3.63) is 34.3 Å². The fourth-order valence-electron chi connectivity index (χ4n) is 3.12. The first-order valence-electron chi connectivity index (χ1n) is 7.48. The molecule has 1 aromatic rings. The van der Waals surface area contributed by atoms with Gasteiger partial charge < -0.3 is 0 Å². The van der Waals surface area contributed by atoms with Crippen molar-refractivity contribution in [2.75, 3.05) is 0 Å². The summed E-state index contributed by atoms with van der Waals surface area (Å²) in [7, 11) is 0. The summed E-state index contributed by atoms with van der Waals surface area (Å²) in [5.41, 5.74) is 4.38. The standard InChI is InChI=1S/C16H25BrN2/c17-15-9-7-14(8-10-15)12-16(19-18)11-13-5-3-1-2-4-6-13/h7-10,13,16,19H,1-6,11-12,18H2. The molecule has 1 saturated carbocycles. The summed E-state index contributed by atoms with van der Waals surface area (Å²) in [6.45, 7) is 0. The fraction of sp³-hybridized carbons (Fsp3) is 0.625. The maximum absolute atomic E-state index is 5.75. The second kappa shape index (κ2) is 8.03. The Labute approximate surface area is 125 Å². The van der Waals surface area contributed by atoms with E-state index in [4.69, 9.17) is 5.84 Å². The molecule has 2 rings (SSSR count). The van der Waals surface area contributed by atoms with Gasteiger partial charge in [0, 0.05) is 10.5 Å². The van der Waals surface area contributed by atoms with Crippen molar-refractivity contribution >= 4 is 15.9 Å². The predicted molar refractivity (Wildman–Crippen MR) is 84.8 cm³/mol. The molecular weight excluding hydrogens is 300 g/mol. The second-order valence-corrected chi connectivity index (χ2v) is 6.70. The van der Waals surface area contributed by atoms with E-state index < -0.39 is 0 Å². The third kappa shape index (κ3) is 5.25. The van der Waals surface area contributed by atoms with Crippen molar-refractivity contribution < 1.29 is 0 Å².